The molecule has 2 rings (SSSR count). The average Bonchev–Trinajstić information content (AvgIpc) is 2.38. The van der Waals surface area contributed by atoms with Crippen molar-refractivity contribution in [3.63, 3.8) is 0 Å². The molecule has 2 N–H and O–H groups in total. The largest absolute Gasteiger partial charge is 0.416 e. The smallest absolute Gasteiger partial charge is 0.326 e. The van der Waals surface area contributed by atoms with Crippen molar-refractivity contribution < 1.29 is 13.2 Å². The van der Waals surface area contributed by atoms with E-state index < -0.39 is 11.7 Å². The maximum atomic E-state index is 12.4. The quantitative estimate of drug-likeness (QED) is 0.865. The number of hydrogen-bond donors (Lipinski definition) is 1. The Balaban J connectivity index is 2.34. The van der Waals surface area contributed by atoms with Gasteiger partial charge in [0.25, 0.3) is 0 Å². The van der Waals surface area contributed by atoms with Crippen molar-refractivity contribution in [2.24, 2.45) is 5.73 Å². The minimum absolute atomic E-state index is 0.356. The minimum Gasteiger partial charge on any atom is -0.326 e. The van der Waals surface area contributed by atoms with Gasteiger partial charge >= 0.3 is 6.18 Å². The van der Waals surface area contributed by atoms with Crippen LogP contribution in [0.4, 0.5) is 13.2 Å². The second kappa shape index (κ2) is 4.82. The maximum absolute atomic E-state index is 12.4. The SMILES string of the molecule is NCc1[c]ccc(-c2ccc(C(F)(F)F)cc2)c1. The molecule has 18 heavy (non-hydrogen) atoms. The molecule has 0 amide bonds. The first-order valence-electron chi connectivity index (χ1n) is 5.39. The third kappa shape index (κ3) is 2.71. The van der Waals surface area contributed by atoms with Crippen LogP contribution < -0.4 is 5.73 Å². The lowest BCUT2D eigenvalue weighted by molar-refractivity contribution is -0.137. The minimum atomic E-state index is -4.30. The second-order valence-electron chi connectivity index (χ2n) is 3.88. The Bertz CT molecular complexity index is 529. The first-order valence-corrected chi connectivity index (χ1v) is 5.39. The zero-order chi connectivity index (χ0) is 13.2. The lowest BCUT2D eigenvalue weighted by Crippen LogP contribution is -2.04. The summed E-state index contributed by atoms with van der Waals surface area (Å²) >= 11 is 0. The molecule has 0 aliphatic heterocycles. The fourth-order valence-electron chi connectivity index (χ4n) is 1.67. The summed E-state index contributed by atoms with van der Waals surface area (Å²) in [5, 5.41) is 0. The molecule has 1 nitrogen and oxygen atoms in total. The number of rotatable bonds is 2. The Labute approximate surface area is 103 Å². The molecule has 0 bridgehead atoms. The van der Waals surface area contributed by atoms with Crippen molar-refractivity contribution in [3.05, 3.63) is 59.7 Å². The lowest BCUT2D eigenvalue weighted by Gasteiger charge is -2.08. The number of halogens is 3. The molecule has 0 saturated heterocycles. The first kappa shape index (κ1) is 12.6. The van der Waals surface area contributed by atoms with Crippen molar-refractivity contribution in [2.45, 2.75) is 12.7 Å². The molecule has 1 radical (unpaired) electrons. The molecule has 0 unspecified atom stereocenters. The Morgan fingerprint density at radius 2 is 1.67 bits per heavy atom. The second-order valence-corrected chi connectivity index (χ2v) is 3.88. The van der Waals surface area contributed by atoms with Gasteiger partial charge in [0.05, 0.1) is 5.56 Å². The van der Waals surface area contributed by atoms with Crippen molar-refractivity contribution in [1.29, 1.82) is 0 Å². The highest BCUT2D eigenvalue weighted by Gasteiger charge is 2.29. The van der Waals surface area contributed by atoms with Crippen LogP contribution in [0.5, 0.6) is 0 Å². The zero-order valence-electron chi connectivity index (χ0n) is 9.46. The van der Waals surface area contributed by atoms with Crippen LogP contribution in [0.2, 0.25) is 0 Å². The molecular formula is C14H11F3N. The highest BCUT2D eigenvalue weighted by atomic mass is 19.4. The summed E-state index contributed by atoms with van der Waals surface area (Å²) in [6, 6.07) is 13.4. The fourth-order valence-corrected chi connectivity index (χ4v) is 1.67. The Hall–Kier alpha value is -1.81. The number of benzene rings is 2. The Morgan fingerprint density at radius 3 is 2.22 bits per heavy atom. The van der Waals surface area contributed by atoms with E-state index >= 15 is 0 Å². The Morgan fingerprint density at radius 1 is 1.00 bits per heavy atom. The van der Waals surface area contributed by atoms with Gasteiger partial charge in [-0.1, -0.05) is 24.3 Å². The summed E-state index contributed by atoms with van der Waals surface area (Å²) in [5.41, 5.74) is 7.24. The van der Waals surface area contributed by atoms with E-state index in [4.69, 9.17) is 5.73 Å². The molecule has 0 spiro atoms. The highest BCUT2D eigenvalue weighted by Crippen LogP contribution is 2.31. The van der Waals surface area contributed by atoms with Crippen LogP contribution in [-0.4, -0.2) is 0 Å². The molecule has 0 saturated carbocycles. The summed E-state index contributed by atoms with van der Waals surface area (Å²) in [6.45, 7) is 0.356. The summed E-state index contributed by atoms with van der Waals surface area (Å²) in [7, 11) is 0. The van der Waals surface area contributed by atoms with Crippen LogP contribution in [-0.2, 0) is 12.7 Å². The normalized spacial score (nSPS) is 11.6. The molecule has 0 heterocycles. The lowest BCUT2D eigenvalue weighted by atomic mass is 10.0. The van der Waals surface area contributed by atoms with E-state index in [2.05, 4.69) is 6.07 Å². The predicted octanol–water partition coefficient (Wildman–Crippen LogP) is 3.63. The van der Waals surface area contributed by atoms with Gasteiger partial charge in [0, 0.05) is 6.54 Å². The van der Waals surface area contributed by atoms with Crippen LogP contribution in [0.1, 0.15) is 11.1 Å². The topological polar surface area (TPSA) is 26.0 Å². The monoisotopic (exact) mass is 250 g/mol. The fraction of sp³-hybridized carbons (Fsp3) is 0.143. The molecule has 0 atom stereocenters. The van der Waals surface area contributed by atoms with E-state index in [1.165, 1.54) is 12.1 Å². The zero-order valence-corrected chi connectivity index (χ0v) is 9.46. The summed E-state index contributed by atoms with van der Waals surface area (Å²) in [5.74, 6) is 0. The van der Waals surface area contributed by atoms with Crippen LogP contribution >= 0.6 is 0 Å². The number of hydrogen-bond acceptors (Lipinski definition) is 1. The molecule has 0 aromatic heterocycles. The summed E-state index contributed by atoms with van der Waals surface area (Å²) < 4.78 is 37.3. The van der Waals surface area contributed by atoms with Gasteiger partial charge in [-0.05, 0) is 41.0 Å². The number of alkyl halides is 3. The third-order valence-corrected chi connectivity index (χ3v) is 2.63. The molecule has 0 fully saturated rings. The summed E-state index contributed by atoms with van der Waals surface area (Å²) in [4.78, 5) is 0. The standard InChI is InChI=1S/C14H11F3N/c15-14(16,17)13-6-4-11(5-7-13)12-3-1-2-10(8-12)9-18/h1,3-8H,9,18H2. The predicted molar refractivity (Wildman–Crippen MR) is 63.6 cm³/mol. The van der Waals surface area contributed by atoms with Crippen LogP contribution in [0.25, 0.3) is 11.1 Å². The van der Waals surface area contributed by atoms with Crippen molar-refractivity contribution >= 4 is 0 Å². The molecule has 0 aliphatic carbocycles. The first-order chi connectivity index (χ1) is 8.50. The van der Waals surface area contributed by atoms with E-state index in [0.717, 1.165) is 28.8 Å². The van der Waals surface area contributed by atoms with Gasteiger partial charge in [0.2, 0.25) is 0 Å². The van der Waals surface area contributed by atoms with E-state index in [1.54, 1.807) is 12.1 Å². The molecule has 2 aromatic rings. The van der Waals surface area contributed by atoms with Gasteiger partial charge in [-0.15, -0.1) is 0 Å². The Kier molecular flexibility index (Phi) is 3.39. The van der Waals surface area contributed by atoms with Gasteiger partial charge in [-0.2, -0.15) is 13.2 Å². The van der Waals surface area contributed by atoms with Gasteiger partial charge in [0.15, 0.2) is 0 Å². The van der Waals surface area contributed by atoms with E-state index in [1.807, 2.05) is 6.07 Å². The summed E-state index contributed by atoms with van der Waals surface area (Å²) in [6.07, 6.45) is -4.30. The average molecular weight is 250 g/mol. The van der Waals surface area contributed by atoms with Gasteiger partial charge in [0.1, 0.15) is 0 Å². The van der Waals surface area contributed by atoms with Crippen molar-refractivity contribution in [2.75, 3.05) is 0 Å². The highest BCUT2D eigenvalue weighted by molar-refractivity contribution is 5.64. The van der Waals surface area contributed by atoms with E-state index in [-0.39, 0.29) is 0 Å². The van der Waals surface area contributed by atoms with Crippen LogP contribution in [0.3, 0.4) is 0 Å². The maximum Gasteiger partial charge on any atom is 0.416 e. The molecular weight excluding hydrogens is 239 g/mol. The molecule has 0 aliphatic rings. The molecule has 4 heteroatoms. The van der Waals surface area contributed by atoms with Crippen LogP contribution in [0, 0.1) is 6.07 Å². The molecule has 2 aromatic carbocycles. The molecule has 93 valence electrons. The van der Waals surface area contributed by atoms with Gasteiger partial charge in [-0.25, -0.2) is 0 Å². The van der Waals surface area contributed by atoms with Crippen molar-refractivity contribution in [1.82, 2.24) is 0 Å². The van der Waals surface area contributed by atoms with E-state index in [9.17, 15) is 13.2 Å². The van der Waals surface area contributed by atoms with Gasteiger partial charge < -0.3 is 5.73 Å². The van der Waals surface area contributed by atoms with Crippen LogP contribution in [0.15, 0.2) is 42.5 Å². The number of nitrogens with two attached hydrogens (primary N) is 1. The van der Waals surface area contributed by atoms with Crippen molar-refractivity contribution in [3.8, 4) is 11.1 Å². The van der Waals surface area contributed by atoms with Gasteiger partial charge in [-0.3, -0.25) is 0 Å². The third-order valence-electron chi connectivity index (χ3n) is 2.63. The van der Waals surface area contributed by atoms with E-state index in [0.29, 0.717) is 6.54 Å².